The lowest BCUT2D eigenvalue weighted by atomic mass is 10.1. The molecule has 26 heavy (non-hydrogen) atoms. The summed E-state index contributed by atoms with van der Waals surface area (Å²) >= 11 is 5.97. The number of rotatable bonds is 4. The topological polar surface area (TPSA) is 75.7 Å². The highest BCUT2D eigenvalue weighted by atomic mass is 35.5. The Morgan fingerprint density at radius 1 is 1.23 bits per heavy atom. The second-order valence-corrected chi connectivity index (χ2v) is 8.90. The zero-order valence-electron chi connectivity index (χ0n) is 14.6. The maximum Gasteiger partial charge on any atom is 0.265 e. The predicted octanol–water partition coefficient (Wildman–Crippen LogP) is 2.84. The molecule has 1 aliphatic heterocycles. The summed E-state index contributed by atoms with van der Waals surface area (Å²) in [5, 5.41) is 3.36. The minimum absolute atomic E-state index is 0.116. The molecule has 1 atom stereocenters. The fourth-order valence-corrected chi connectivity index (χ4v) is 3.81. The Kier molecular flexibility index (Phi) is 4.96. The summed E-state index contributed by atoms with van der Waals surface area (Å²) in [5.74, 6) is 0.301. The number of nitrogens with zero attached hydrogens (tertiary/aromatic N) is 1. The summed E-state index contributed by atoms with van der Waals surface area (Å²) in [6.45, 7) is 1.80. The molecule has 1 aliphatic rings. The number of carbonyl (C=O) groups excluding carboxylic acids is 1. The molecule has 0 aromatic heterocycles. The molecule has 0 saturated carbocycles. The van der Waals surface area contributed by atoms with Crippen molar-refractivity contribution in [1.82, 2.24) is 4.31 Å². The van der Waals surface area contributed by atoms with Crippen molar-refractivity contribution >= 4 is 33.2 Å². The molecule has 0 bridgehead atoms. The van der Waals surface area contributed by atoms with Gasteiger partial charge >= 0.3 is 0 Å². The lowest BCUT2D eigenvalue weighted by molar-refractivity contribution is -0.122. The number of nitrogens with one attached hydrogen (secondary N) is 1. The number of ether oxygens (including phenoxy) is 1. The standard InChI is InChI=1S/C18H19ClN2O4S/c1-11-4-6-14(26(23,24)21(2)3)10-15(11)20-18(22)17-9-12-8-13(19)5-7-16(12)25-17/h4-8,10,17H,9H2,1-3H3,(H,20,22)/t17-/m1/s1. The first kappa shape index (κ1) is 18.7. The summed E-state index contributed by atoms with van der Waals surface area (Å²) in [7, 11) is -0.662. The van der Waals surface area contributed by atoms with Gasteiger partial charge in [-0.15, -0.1) is 0 Å². The van der Waals surface area contributed by atoms with Crippen molar-refractivity contribution < 1.29 is 17.9 Å². The summed E-state index contributed by atoms with van der Waals surface area (Å²) in [5.41, 5.74) is 2.07. The van der Waals surface area contributed by atoms with Crippen LogP contribution in [0.2, 0.25) is 5.02 Å². The lowest BCUT2D eigenvalue weighted by Gasteiger charge is -2.16. The van der Waals surface area contributed by atoms with E-state index in [1.54, 1.807) is 31.2 Å². The van der Waals surface area contributed by atoms with E-state index in [1.807, 2.05) is 0 Å². The first-order valence-electron chi connectivity index (χ1n) is 7.97. The molecule has 0 unspecified atom stereocenters. The highest BCUT2D eigenvalue weighted by molar-refractivity contribution is 7.89. The first-order chi connectivity index (χ1) is 12.2. The van der Waals surface area contributed by atoms with Crippen molar-refractivity contribution in [2.75, 3.05) is 19.4 Å². The number of halogens is 1. The van der Waals surface area contributed by atoms with E-state index in [9.17, 15) is 13.2 Å². The number of amides is 1. The molecule has 0 saturated heterocycles. The number of hydrogen-bond acceptors (Lipinski definition) is 4. The van der Waals surface area contributed by atoms with Crippen molar-refractivity contribution in [2.45, 2.75) is 24.3 Å². The van der Waals surface area contributed by atoms with Crippen LogP contribution < -0.4 is 10.1 Å². The molecular weight excluding hydrogens is 376 g/mol. The van der Waals surface area contributed by atoms with Crippen LogP contribution in [0, 0.1) is 6.92 Å². The second-order valence-electron chi connectivity index (χ2n) is 6.32. The van der Waals surface area contributed by atoms with Crippen LogP contribution in [0.15, 0.2) is 41.3 Å². The van der Waals surface area contributed by atoms with Crippen molar-refractivity contribution in [3.05, 3.63) is 52.5 Å². The van der Waals surface area contributed by atoms with Gasteiger partial charge in [-0.2, -0.15) is 0 Å². The van der Waals surface area contributed by atoms with Crippen LogP contribution in [-0.4, -0.2) is 38.8 Å². The summed E-state index contributed by atoms with van der Waals surface area (Å²) < 4.78 is 31.4. The van der Waals surface area contributed by atoms with Crippen LogP contribution in [0.1, 0.15) is 11.1 Å². The molecular formula is C18H19ClN2O4S. The predicted molar refractivity (Wildman–Crippen MR) is 100 cm³/mol. The number of aryl methyl sites for hydroxylation is 1. The van der Waals surface area contributed by atoms with Gasteiger partial charge in [0.1, 0.15) is 5.75 Å². The van der Waals surface area contributed by atoms with E-state index in [0.29, 0.717) is 22.9 Å². The molecule has 0 aliphatic carbocycles. The van der Waals surface area contributed by atoms with Gasteiger partial charge in [-0.1, -0.05) is 17.7 Å². The third-order valence-electron chi connectivity index (χ3n) is 4.23. The Hall–Kier alpha value is -2.09. The van der Waals surface area contributed by atoms with Crippen molar-refractivity contribution in [1.29, 1.82) is 0 Å². The number of carbonyl (C=O) groups is 1. The smallest absolute Gasteiger partial charge is 0.265 e. The Balaban J connectivity index is 1.80. The van der Waals surface area contributed by atoms with E-state index in [4.69, 9.17) is 16.3 Å². The van der Waals surface area contributed by atoms with Crippen molar-refractivity contribution in [3.8, 4) is 5.75 Å². The number of sulfonamides is 1. The lowest BCUT2D eigenvalue weighted by Crippen LogP contribution is -2.31. The van der Waals surface area contributed by atoms with Crippen molar-refractivity contribution in [2.24, 2.45) is 0 Å². The molecule has 1 heterocycles. The van der Waals surface area contributed by atoms with E-state index in [0.717, 1.165) is 15.4 Å². The van der Waals surface area contributed by atoms with Gasteiger partial charge < -0.3 is 10.1 Å². The van der Waals surface area contributed by atoms with Gasteiger partial charge in [0.15, 0.2) is 6.10 Å². The van der Waals surface area contributed by atoms with Crippen LogP contribution in [0.3, 0.4) is 0 Å². The van der Waals surface area contributed by atoms with E-state index >= 15 is 0 Å². The van der Waals surface area contributed by atoms with E-state index in [2.05, 4.69) is 5.32 Å². The van der Waals surface area contributed by atoms with Crippen LogP contribution in [0.5, 0.6) is 5.75 Å². The summed E-state index contributed by atoms with van der Waals surface area (Å²) in [6, 6.07) is 9.86. The maximum absolute atomic E-state index is 12.6. The number of fused-ring (bicyclic) bond motifs is 1. The summed E-state index contributed by atoms with van der Waals surface area (Å²) in [6.07, 6.45) is -0.270. The van der Waals surface area contributed by atoms with Gasteiger partial charge in [-0.3, -0.25) is 4.79 Å². The zero-order valence-corrected chi connectivity index (χ0v) is 16.2. The van der Waals surface area contributed by atoms with Crippen LogP contribution >= 0.6 is 11.6 Å². The molecule has 2 aromatic carbocycles. The van der Waals surface area contributed by atoms with Gasteiger partial charge in [0, 0.05) is 31.2 Å². The second kappa shape index (κ2) is 6.90. The normalized spacial score (nSPS) is 16.3. The Morgan fingerprint density at radius 3 is 2.65 bits per heavy atom. The first-order valence-corrected chi connectivity index (χ1v) is 9.79. The minimum Gasteiger partial charge on any atom is -0.480 e. The van der Waals surface area contributed by atoms with E-state index < -0.39 is 16.1 Å². The van der Waals surface area contributed by atoms with Crippen molar-refractivity contribution in [3.63, 3.8) is 0 Å². The van der Waals surface area contributed by atoms with Gasteiger partial charge in [0.05, 0.1) is 4.90 Å². The molecule has 3 rings (SSSR count). The molecule has 138 valence electrons. The molecule has 0 radical (unpaired) electrons. The highest BCUT2D eigenvalue weighted by Crippen LogP contribution is 2.32. The fraction of sp³-hybridized carbons (Fsp3) is 0.278. The molecule has 1 amide bonds. The van der Waals surface area contributed by atoms with Crippen LogP contribution in [-0.2, 0) is 21.2 Å². The molecule has 6 nitrogen and oxygen atoms in total. The average molecular weight is 395 g/mol. The largest absolute Gasteiger partial charge is 0.480 e. The van der Waals surface area contributed by atoms with Crippen LogP contribution in [0.4, 0.5) is 5.69 Å². The molecule has 0 spiro atoms. The Labute approximate surface area is 157 Å². The van der Waals surface area contributed by atoms with Gasteiger partial charge in [-0.25, -0.2) is 12.7 Å². The number of hydrogen-bond donors (Lipinski definition) is 1. The quantitative estimate of drug-likeness (QED) is 0.865. The van der Waals surface area contributed by atoms with Gasteiger partial charge in [0.2, 0.25) is 10.0 Å². The third kappa shape index (κ3) is 3.56. The third-order valence-corrected chi connectivity index (χ3v) is 6.28. The molecule has 8 heteroatoms. The number of benzene rings is 2. The van der Waals surface area contributed by atoms with E-state index in [1.165, 1.54) is 26.2 Å². The maximum atomic E-state index is 12.6. The number of anilines is 1. The fourth-order valence-electron chi connectivity index (χ4n) is 2.68. The molecule has 2 aromatic rings. The van der Waals surface area contributed by atoms with Crippen LogP contribution in [0.25, 0.3) is 0 Å². The zero-order chi connectivity index (χ0) is 19.1. The average Bonchev–Trinajstić information content (AvgIpc) is 2.99. The Morgan fingerprint density at radius 2 is 1.96 bits per heavy atom. The monoisotopic (exact) mass is 394 g/mol. The SMILES string of the molecule is Cc1ccc(S(=O)(=O)N(C)C)cc1NC(=O)[C@H]1Cc2cc(Cl)ccc2O1. The highest BCUT2D eigenvalue weighted by Gasteiger charge is 2.30. The van der Waals surface area contributed by atoms with E-state index in [-0.39, 0.29) is 10.8 Å². The molecule has 0 fully saturated rings. The van der Waals surface area contributed by atoms with Gasteiger partial charge in [0.25, 0.3) is 5.91 Å². The summed E-state index contributed by atoms with van der Waals surface area (Å²) in [4.78, 5) is 12.7. The Bertz CT molecular complexity index is 973. The minimum atomic E-state index is -3.58. The molecule has 1 N–H and O–H groups in total. The van der Waals surface area contributed by atoms with Gasteiger partial charge in [-0.05, 0) is 48.4 Å².